The third-order valence-corrected chi connectivity index (χ3v) is 2.74. The first kappa shape index (κ1) is 20.9. The quantitative estimate of drug-likeness (QED) is 0.595. The smallest absolute Gasteiger partial charge is 0.312 e. The van der Waals surface area contributed by atoms with Crippen molar-refractivity contribution in [3.8, 4) is 0 Å². The third-order valence-electron chi connectivity index (χ3n) is 2.74. The van der Waals surface area contributed by atoms with E-state index in [1.54, 1.807) is 0 Å². The van der Waals surface area contributed by atoms with Crippen LogP contribution in [0, 0.1) is 0 Å². The molecule has 0 aliphatic rings. The summed E-state index contributed by atoms with van der Waals surface area (Å²) in [6.45, 7) is 14.0. The monoisotopic (exact) mass is 318 g/mol. The molecule has 130 valence electrons. The molecule has 0 saturated carbocycles. The van der Waals surface area contributed by atoms with Gasteiger partial charge in [-0.15, -0.1) is 0 Å². The number of quaternary nitrogens is 2. The first-order valence-electron chi connectivity index (χ1n) is 7.99. The van der Waals surface area contributed by atoms with Crippen LogP contribution < -0.4 is 10.6 Å². The van der Waals surface area contributed by atoms with Gasteiger partial charge in [-0.25, -0.2) is 0 Å². The molecule has 0 aromatic carbocycles. The second-order valence-electron chi connectivity index (χ2n) is 7.53. The molecule has 0 bridgehead atoms. The van der Waals surface area contributed by atoms with Gasteiger partial charge in [-0.2, -0.15) is 0 Å². The van der Waals surface area contributed by atoms with E-state index < -0.39 is 11.2 Å². The van der Waals surface area contributed by atoms with Crippen LogP contribution in [-0.4, -0.2) is 49.3 Å². The van der Waals surface area contributed by atoms with Gasteiger partial charge in [0.1, 0.15) is 24.3 Å². The molecular formula is C16H34N2O4+2. The minimum Gasteiger partial charge on any atom is -0.460 e. The number of hydrogen-bond acceptors (Lipinski definition) is 4. The van der Waals surface area contributed by atoms with Gasteiger partial charge in [-0.1, -0.05) is 0 Å². The molecule has 0 rings (SSSR count). The first-order chi connectivity index (χ1) is 9.93. The van der Waals surface area contributed by atoms with Gasteiger partial charge in [0.05, 0.1) is 25.9 Å². The molecule has 0 fully saturated rings. The summed E-state index contributed by atoms with van der Waals surface area (Å²) in [5.41, 5.74) is 2.93. The fourth-order valence-electron chi connectivity index (χ4n) is 1.97. The van der Waals surface area contributed by atoms with Crippen LogP contribution >= 0.6 is 0 Å². The van der Waals surface area contributed by atoms with Crippen LogP contribution in [0.5, 0.6) is 0 Å². The summed E-state index contributed by atoms with van der Waals surface area (Å²) in [4.78, 5) is 24.7. The van der Waals surface area contributed by atoms with Gasteiger partial charge >= 0.3 is 11.9 Å². The lowest BCUT2D eigenvalue weighted by Gasteiger charge is -2.22. The zero-order chi connectivity index (χ0) is 17.4. The molecule has 0 saturated heterocycles. The molecule has 0 spiro atoms. The molecular weight excluding hydrogens is 284 g/mol. The second-order valence-corrected chi connectivity index (χ2v) is 7.53. The lowest BCUT2D eigenvalue weighted by Crippen LogP contribution is -3.13. The molecule has 22 heavy (non-hydrogen) atoms. The number of carbonyl (C=O) groups excluding carboxylic acids is 2. The summed E-state index contributed by atoms with van der Waals surface area (Å²) in [5.74, 6) is -0.405. The molecule has 0 aromatic heterocycles. The van der Waals surface area contributed by atoms with Gasteiger partial charge in [0.2, 0.25) is 0 Å². The van der Waals surface area contributed by atoms with Gasteiger partial charge in [0.25, 0.3) is 0 Å². The predicted octanol–water partition coefficient (Wildman–Crippen LogP) is -0.423. The average Bonchev–Trinajstić information content (AvgIpc) is 2.28. The molecule has 0 amide bonds. The highest BCUT2D eigenvalue weighted by molar-refractivity contribution is 5.70. The lowest BCUT2D eigenvalue weighted by molar-refractivity contribution is -0.904. The fourth-order valence-corrected chi connectivity index (χ4v) is 1.97. The van der Waals surface area contributed by atoms with Crippen LogP contribution in [0.15, 0.2) is 0 Å². The number of rotatable bonds is 8. The Labute approximate surface area is 134 Å². The van der Waals surface area contributed by atoms with E-state index in [0.717, 1.165) is 13.1 Å². The number of nitrogens with one attached hydrogen (secondary N) is 1. The van der Waals surface area contributed by atoms with Crippen molar-refractivity contribution in [1.82, 2.24) is 0 Å². The van der Waals surface area contributed by atoms with Crippen molar-refractivity contribution in [1.29, 1.82) is 0 Å². The third kappa shape index (κ3) is 12.6. The summed E-state index contributed by atoms with van der Waals surface area (Å²) in [6, 6.07) is 0. The van der Waals surface area contributed by atoms with E-state index in [-0.39, 0.29) is 11.9 Å². The van der Waals surface area contributed by atoms with E-state index in [4.69, 9.17) is 9.47 Å². The lowest BCUT2D eigenvalue weighted by atomic mass is 10.2. The molecule has 0 atom stereocenters. The Bertz CT molecular complexity index is 324. The SMILES string of the molecule is CC(C)(C)OC(=O)CC[NH+](CC[NH3+])CCC(=O)OC(C)(C)C. The molecule has 0 aliphatic carbocycles. The molecule has 0 aromatic rings. The number of esters is 2. The van der Waals surface area contributed by atoms with Crippen molar-refractivity contribution >= 4 is 11.9 Å². The molecule has 0 heterocycles. The number of hydrogen-bond donors (Lipinski definition) is 2. The molecule has 0 unspecified atom stereocenters. The maximum atomic E-state index is 11.8. The molecule has 0 radical (unpaired) electrons. The van der Waals surface area contributed by atoms with Crippen LogP contribution in [0.4, 0.5) is 0 Å². The molecule has 6 nitrogen and oxygen atoms in total. The maximum absolute atomic E-state index is 11.8. The highest BCUT2D eigenvalue weighted by Gasteiger charge is 2.21. The van der Waals surface area contributed by atoms with Crippen LogP contribution in [0.2, 0.25) is 0 Å². The van der Waals surface area contributed by atoms with Gasteiger partial charge < -0.3 is 20.1 Å². The van der Waals surface area contributed by atoms with Crippen molar-refractivity contribution in [2.24, 2.45) is 0 Å². The van der Waals surface area contributed by atoms with Crippen LogP contribution in [0.3, 0.4) is 0 Å². The van der Waals surface area contributed by atoms with Crippen molar-refractivity contribution < 1.29 is 29.7 Å². The summed E-state index contributed by atoms with van der Waals surface area (Å²) in [7, 11) is 0. The van der Waals surface area contributed by atoms with Crippen molar-refractivity contribution in [2.45, 2.75) is 65.6 Å². The summed E-state index contributed by atoms with van der Waals surface area (Å²) < 4.78 is 10.6. The molecule has 6 heteroatoms. The zero-order valence-corrected chi connectivity index (χ0v) is 15.1. The predicted molar refractivity (Wildman–Crippen MR) is 84.2 cm³/mol. The van der Waals surface area contributed by atoms with Crippen molar-refractivity contribution in [3.05, 3.63) is 0 Å². The minimum atomic E-state index is -0.458. The molecule has 4 N–H and O–H groups in total. The Kier molecular flexibility index (Phi) is 8.63. The Morgan fingerprint density at radius 1 is 0.818 bits per heavy atom. The van der Waals surface area contributed by atoms with Gasteiger partial charge in [-0.05, 0) is 41.5 Å². The van der Waals surface area contributed by atoms with Crippen molar-refractivity contribution in [2.75, 3.05) is 26.2 Å². The highest BCUT2D eigenvalue weighted by Crippen LogP contribution is 2.08. The van der Waals surface area contributed by atoms with Crippen LogP contribution in [0.1, 0.15) is 54.4 Å². The van der Waals surface area contributed by atoms with Crippen LogP contribution in [-0.2, 0) is 19.1 Å². The van der Waals surface area contributed by atoms with Crippen LogP contribution in [0.25, 0.3) is 0 Å². The highest BCUT2D eigenvalue weighted by atomic mass is 16.6. The Hall–Kier alpha value is -1.14. The summed E-state index contributed by atoms with van der Waals surface area (Å²) >= 11 is 0. The standard InChI is InChI=1S/C16H32N2O4/c1-15(2,3)21-13(19)7-10-18(12-9-17)11-8-14(20)22-16(4,5)6/h7-12,17H2,1-6H3/p+2. The Balaban J connectivity index is 4.21. The van der Waals surface area contributed by atoms with Gasteiger partial charge in [-0.3, -0.25) is 9.59 Å². The zero-order valence-electron chi connectivity index (χ0n) is 15.1. The first-order valence-corrected chi connectivity index (χ1v) is 7.99. The van der Waals surface area contributed by atoms with E-state index in [1.165, 1.54) is 4.90 Å². The Morgan fingerprint density at radius 2 is 1.18 bits per heavy atom. The number of carbonyl (C=O) groups is 2. The van der Waals surface area contributed by atoms with Crippen molar-refractivity contribution in [3.63, 3.8) is 0 Å². The second kappa shape index (κ2) is 9.10. The summed E-state index contributed by atoms with van der Waals surface area (Å²) in [5, 5.41) is 0. The summed E-state index contributed by atoms with van der Waals surface area (Å²) in [6.07, 6.45) is 0.696. The largest absolute Gasteiger partial charge is 0.460 e. The van der Waals surface area contributed by atoms with E-state index in [9.17, 15) is 9.59 Å². The van der Waals surface area contributed by atoms with E-state index in [2.05, 4.69) is 5.73 Å². The Morgan fingerprint density at radius 3 is 1.45 bits per heavy atom. The topological polar surface area (TPSA) is 84.7 Å². The average molecular weight is 318 g/mol. The minimum absolute atomic E-state index is 0.202. The maximum Gasteiger partial charge on any atom is 0.312 e. The fraction of sp³-hybridized carbons (Fsp3) is 0.875. The normalized spacial score (nSPS) is 12.4. The van der Waals surface area contributed by atoms with E-state index in [0.29, 0.717) is 25.9 Å². The van der Waals surface area contributed by atoms with E-state index >= 15 is 0 Å². The van der Waals surface area contributed by atoms with E-state index in [1.807, 2.05) is 41.5 Å². The van der Waals surface area contributed by atoms with Gasteiger partial charge in [0.15, 0.2) is 0 Å². The number of ether oxygens (including phenoxy) is 2. The van der Waals surface area contributed by atoms with Gasteiger partial charge in [0, 0.05) is 0 Å². The molecule has 0 aliphatic heterocycles.